The minimum absolute atomic E-state index is 0.0988. The van der Waals surface area contributed by atoms with Crippen molar-refractivity contribution in [3.05, 3.63) is 69.4 Å². The molecule has 20 heavy (non-hydrogen) atoms. The normalized spacial score (nSPS) is 18.5. The van der Waals surface area contributed by atoms with Crippen molar-refractivity contribution in [3.63, 3.8) is 0 Å². The number of nitrogens with zero attached hydrogens (tertiary/aromatic N) is 2. The van der Waals surface area contributed by atoms with E-state index in [0.717, 1.165) is 5.56 Å². The molecule has 1 unspecified atom stereocenters. The summed E-state index contributed by atoms with van der Waals surface area (Å²) >= 11 is 0. The van der Waals surface area contributed by atoms with E-state index in [2.05, 4.69) is 0 Å². The van der Waals surface area contributed by atoms with E-state index in [0.29, 0.717) is 18.8 Å². The van der Waals surface area contributed by atoms with Gasteiger partial charge in [-0.15, -0.1) is 0 Å². The lowest BCUT2D eigenvalue weighted by Crippen LogP contribution is -2.48. The van der Waals surface area contributed by atoms with Gasteiger partial charge in [0.2, 0.25) is 0 Å². The van der Waals surface area contributed by atoms with Crippen molar-refractivity contribution >= 4 is 0 Å². The van der Waals surface area contributed by atoms with Crippen LogP contribution in [-0.2, 0) is 6.42 Å². The molecule has 0 aromatic heterocycles. The van der Waals surface area contributed by atoms with Crippen LogP contribution in [0.3, 0.4) is 0 Å². The molecule has 1 heterocycles. The molecule has 2 rings (SSSR count). The molecule has 1 aromatic rings. The molecular formula is C13H15FN4O2. The Morgan fingerprint density at radius 2 is 1.95 bits per heavy atom. The van der Waals surface area contributed by atoms with Gasteiger partial charge in [-0.1, -0.05) is 12.1 Å². The quantitative estimate of drug-likeness (QED) is 0.630. The van der Waals surface area contributed by atoms with Crippen LogP contribution in [0.25, 0.3) is 0 Å². The number of hydrogen-bond donors (Lipinski definition) is 2. The molecule has 4 N–H and O–H groups in total. The Morgan fingerprint density at radius 1 is 1.30 bits per heavy atom. The molecule has 0 fully saturated rings. The Kier molecular flexibility index (Phi) is 3.99. The molecule has 1 atom stereocenters. The number of halogens is 1. The molecule has 7 heteroatoms. The Morgan fingerprint density at radius 3 is 2.55 bits per heavy atom. The molecule has 1 aliphatic rings. The van der Waals surface area contributed by atoms with E-state index in [1.807, 2.05) is 0 Å². The second kappa shape index (κ2) is 5.70. The summed E-state index contributed by atoms with van der Waals surface area (Å²) in [6, 6.07) is 6.06. The number of hydrogen-bond acceptors (Lipinski definition) is 5. The first kappa shape index (κ1) is 14.0. The van der Waals surface area contributed by atoms with Gasteiger partial charge in [0.1, 0.15) is 11.6 Å². The van der Waals surface area contributed by atoms with E-state index in [4.69, 9.17) is 11.5 Å². The highest BCUT2D eigenvalue weighted by Gasteiger charge is 2.30. The smallest absolute Gasteiger partial charge is 0.283 e. The van der Waals surface area contributed by atoms with Gasteiger partial charge < -0.3 is 16.4 Å². The SMILES string of the molecule is NC1=CC=C([N+](=O)[O-])C(N)N1CCc1ccc(F)cc1. The average molecular weight is 278 g/mol. The van der Waals surface area contributed by atoms with Crippen LogP contribution >= 0.6 is 0 Å². The highest BCUT2D eigenvalue weighted by molar-refractivity contribution is 5.23. The fourth-order valence-corrected chi connectivity index (χ4v) is 2.02. The third-order valence-corrected chi connectivity index (χ3v) is 3.16. The average Bonchev–Trinajstić information content (AvgIpc) is 2.40. The summed E-state index contributed by atoms with van der Waals surface area (Å²) in [5.74, 6) is 0.0756. The van der Waals surface area contributed by atoms with E-state index in [1.54, 1.807) is 17.0 Å². The lowest BCUT2D eigenvalue weighted by molar-refractivity contribution is -0.433. The first-order chi connectivity index (χ1) is 9.49. The zero-order chi connectivity index (χ0) is 14.7. The van der Waals surface area contributed by atoms with Crippen LogP contribution in [-0.4, -0.2) is 22.5 Å². The van der Waals surface area contributed by atoms with Gasteiger partial charge in [0, 0.05) is 12.6 Å². The van der Waals surface area contributed by atoms with Crippen molar-refractivity contribution in [3.8, 4) is 0 Å². The Labute approximate surface area is 115 Å². The van der Waals surface area contributed by atoms with Crippen LogP contribution < -0.4 is 11.5 Å². The molecule has 106 valence electrons. The second-order valence-corrected chi connectivity index (χ2v) is 4.45. The number of rotatable bonds is 4. The minimum Gasteiger partial charge on any atom is -0.385 e. The maximum atomic E-state index is 12.8. The van der Waals surface area contributed by atoms with Crippen LogP contribution in [0.1, 0.15) is 5.56 Å². The largest absolute Gasteiger partial charge is 0.385 e. The van der Waals surface area contributed by atoms with Gasteiger partial charge in [-0.2, -0.15) is 0 Å². The summed E-state index contributed by atoms with van der Waals surface area (Å²) in [6.45, 7) is 0.417. The number of allylic oxidation sites excluding steroid dienone is 2. The monoisotopic (exact) mass is 278 g/mol. The third-order valence-electron chi connectivity index (χ3n) is 3.16. The van der Waals surface area contributed by atoms with E-state index < -0.39 is 11.1 Å². The Balaban J connectivity index is 2.06. The van der Waals surface area contributed by atoms with Crippen molar-refractivity contribution in [1.29, 1.82) is 0 Å². The van der Waals surface area contributed by atoms with Crippen molar-refractivity contribution in [1.82, 2.24) is 4.90 Å². The molecule has 1 aromatic carbocycles. The fraction of sp³-hybridized carbons (Fsp3) is 0.231. The maximum absolute atomic E-state index is 12.8. The van der Waals surface area contributed by atoms with Gasteiger partial charge in [-0.05, 0) is 30.2 Å². The molecule has 0 bridgehead atoms. The van der Waals surface area contributed by atoms with E-state index in [-0.39, 0.29) is 11.5 Å². The first-order valence-corrected chi connectivity index (χ1v) is 6.07. The van der Waals surface area contributed by atoms with Crippen LogP contribution in [0, 0.1) is 15.9 Å². The van der Waals surface area contributed by atoms with Crippen LogP contribution in [0.4, 0.5) is 4.39 Å². The molecular weight excluding hydrogens is 263 g/mol. The van der Waals surface area contributed by atoms with Crippen molar-refractivity contribution in [2.75, 3.05) is 6.54 Å². The van der Waals surface area contributed by atoms with Gasteiger partial charge >= 0.3 is 0 Å². The Hall–Kier alpha value is -2.41. The maximum Gasteiger partial charge on any atom is 0.283 e. The van der Waals surface area contributed by atoms with Crippen LogP contribution in [0.15, 0.2) is 47.9 Å². The molecule has 0 radical (unpaired) electrons. The summed E-state index contributed by atoms with van der Waals surface area (Å²) in [5, 5.41) is 10.8. The second-order valence-electron chi connectivity index (χ2n) is 4.45. The highest BCUT2D eigenvalue weighted by Crippen LogP contribution is 2.17. The first-order valence-electron chi connectivity index (χ1n) is 6.07. The van der Waals surface area contributed by atoms with Gasteiger partial charge in [-0.25, -0.2) is 4.39 Å². The van der Waals surface area contributed by atoms with Crippen molar-refractivity contribution < 1.29 is 9.31 Å². The number of nitrogens with two attached hydrogens (primary N) is 2. The van der Waals surface area contributed by atoms with Gasteiger partial charge in [0.25, 0.3) is 5.70 Å². The van der Waals surface area contributed by atoms with E-state index in [9.17, 15) is 14.5 Å². The molecule has 0 saturated carbocycles. The van der Waals surface area contributed by atoms with Gasteiger partial charge in [0.05, 0.1) is 4.92 Å². The lowest BCUT2D eigenvalue weighted by atomic mass is 10.1. The standard InChI is InChI=1S/C13H15FN4O2/c14-10-3-1-9(2-4-10)7-8-17-12(15)6-5-11(13(17)16)18(19)20/h1-6,13H,7-8,15-16H2. The molecule has 0 spiro atoms. The molecule has 0 amide bonds. The van der Waals surface area contributed by atoms with Crippen LogP contribution in [0.5, 0.6) is 0 Å². The summed E-state index contributed by atoms with van der Waals surface area (Å²) in [5.41, 5.74) is 12.4. The van der Waals surface area contributed by atoms with Crippen molar-refractivity contribution in [2.45, 2.75) is 12.6 Å². The van der Waals surface area contributed by atoms with Crippen LogP contribution in [0.2, 0.25) is 0 Å². The zero-order valence-corrected chi connectivity index (χ0v) is 10.7. The zero-order valence-electron chi connectivity index (χ0n) is 10.7. The van der Waals surface area contributed by atoms with Gasteiger partial charge in [-0.3, -0.25) is 10.1 Å². The molecule has 0 aliphatic carbocycles. The Bertz CT molecular complexity index is 568. The highest BCUT2D eigenvalue weighted by atomic mass is 19.1. The van der Waals surface area contributed by atoms with E-state index in [1.165, 1.54) is 24.3 Å². The van der Waals surface area contributed by atoms with Crippen molar-refractivity contribution in [2.24, 2.45) is 11.5 Å². The fourth-order valence-electron chi connectivity index (χ4n) is 2.02. The number of nitro groups is 1. The molecule has 1 aliphatic heterocycles. The minimum atomic E-state index is -0.879. The molecule has 0 saturated heterocycles. The summed E-state index contributed by atoms with van der Waals surface area (Å²) in [6.07, 6.45) is 2.46. The summed E-state index contributed by atoms with van der Waals surface area (Å²) in [4.78, 5) is 11.9. The van der Waals surface area contributed by atoms with Gasteiger partial charge in [0.15, 0.2) is 6.17 Å². The number of benzene rings is 1. The molecule has 6 nitrogen and oxygen atoms in total. The topological polar surface area (TPSA) is 98.4 Å². The summed E-state index contributed by atoms with van der Waals surface area (Å²) < 4.78 is 12.8. The third kappa shape index (κ3) is 2.94. The predicted molar refractivity (Wildman–Crippen MR) is 72.1 cm³/mol. The lowest BCUT2D eigenvalue weighted by Gasteiger charge is -2.31. The predicted octanol–water partition coefficient (Wildman–Crippen LogP) is 0.929. The summed E-state index contributed by atoms with van der Waals surface area (Å²) in [7, 11) is 0. The van der Waals surface area contributed by atoms with E-state index >= 15 is 0 Å².